The van der Waals surface area contributed by atoms with E-state index in [1.807, 2.05) is 0 Å². The van der Waals surface area contributed by atoms with E-state index >= 15 is 0 Å². The lowest BCUT2D eigenvalue weighted by Gasteiger charge is -1.99. The van der Waals surface area contributed by atoms with Gasteiger partial charge in [0.1, 0.15) is 5.51 Å². The summed E-state index contributed by atoms with van der Waals surface area (Å²) in [6.07, 6.45) is 2.20. The van der Waals surface area contributed by atoms with Crippen LogP contribution in [0.4, 0.5) is 5.13 Å². The molecular formula is C7H12N4OS. The molecule has 13 heavy (non-hydrogen) atoms. The van der Waals surface area contributed by atoms with Gasteiger partial charge in [0.25, 0.3) is 0 Å². The van der Waals surface area contributed by atoms with Crippen molar-refractivity contribution >= 4 is 22.4 Å². The third kappa shape index (κ3) is 3.95. The molecule has 0 aliphatic heterocycles. The van der Waals surface area contributed by atoms with Crippen LogP contribution in [0.3, 0.4) is 0 Å². The first kappa shape index (κ1) is 10.1. The van der Waals surface area contributed by atoms with Gasteiger partial charge in [-0.3, -0.25) is 4.79 Å². The van der Waals surface area contributed by atoms with Gasteiger partial charge in [-0.05, 0) is 19.4 Å². The van der Waals surface area contributed by atoms with Gasteiger partial charge in [0.2, 0.25) is 11.0 Å². The van der Waals surface area contributed by atoms with Crippen LogP contribution in [0.2, 0.25) is 0 Å². The molecule has 1 amide bonds. The maximum absolute atomic E-state index is 11.2. The fraction of sp³-hybridized carbons (Fsp3) is 0.571. The summed E-state index contributed by atoms with van der Waals surface area (Å²) in [6.45, 7) is 0.631. The molecule has 0 aliphatic carbocycles. The fourth-order valence-electron chi connectivity index (χ4n) is 0.839. The van der Waals surface area contributed by atoms with Crippen molar-refractivity contribution in [3.63, 3.8) is 0 Å². The smallest absolute Gasteiger partial charge is 0.226 e. The number of hydrogen-bond acceptors (Lipinski definition) is 5. The van der Waals surface area contributed by atoms with Crippen LogP contribution < -0.4 is 11.1 Å². The van der Waals surface area contributed by atoms with Crippen molar-refractivity contribution in [3.05, 3.63) is 5.51 Å². The summed E-state index contributed by atoms with van der Waals surface area (Å²) < 4.78 is 0. The van der Waals surface area contributed by atoms with Crippen LogP contribution in [0.25, 0.3) is 0 Å². The van der Waals surface area contributed by atoms with Gasteiger partial charge in [-0.2, -0.15) is 0 Å². The number of rotatable bonds is 5. The molecule has 0 atom stereocenters. The minimum absolute atomic E-state index is 0.0230. The number of nitrogens with one attached hydrogen (secondary N) is 1. The molecule has 3 N–H and O–H groups in total. The lowest BCUT2D eigenvalue weighted by Crippen LogP contribution is -2.11. The highest BCUT2D eigenvalue weighted by Crippen LogP contribution is 2.08. The molecule has 0 fully saturated rings. The summed E-state index contributed by atoms with van der Waals surface area (Å²) in [6, 6.07) is 0. The second kappa shape index (κ2) is 5.60. The number of carbonyl (C=O) groups is 1. The Morgan fingerprint density at radius 2 is 2.46 bits per heavy atom. The van der Waals surface area contributed by atoms with Gasteiger partial charge in [0, 0.05) is 6.42 Å². The highest BCUT2D eigenvalue weighted by Gasteiger charge is 2.03. The van der Waals surface area contributed by atoms with Gasteiger partial charge in [-0.25, -0.2) is 0 Å². The minimum atomic E-state index is -0.0230. The average molecular weight is 200 g/mol. The first-order valence-electron chi connectivity index (χ1n) is 4.09. The summed E-state index contributed by atoms with van der Waals surface area (Å²) in [5, 5.41) is 10.5. The van der Waals surface area contributed by atoms with Crippen LogP contribution in [0, 0.1) is 0 Å². The van der Waals surface area contributed by atoms with Crippen LogP contribution in [0.1, 0.15) is 19.3 Å². The van der Waals surface area contributed by atoms with Gasteiger partial charge in [0.15, 0.2) is 0 Å². The average Bonchev–Trinajstić information content (AvgIpc) is 2.57. The van der Waals surface area contributed by atoms with E-state index < -0.39 is 0 Å². The van der Waals surface area contributed by atoms with Gasteiger partial charge in [-0.1, -0.05) is 11.3 Å². The lowest BCUT2D eigenvalue weighted by molar-refractivity contribution is -0.116. The molecule has 0 aromatic carbocycles. The Balaban J connectivity index is 2.18. The summed E-state index contributed by atoms with van der Waals surface area (Å²) >= 11 is 1.31. The highest BCUT2D eigenvalue weighted by atomic mass is 32.1. The molecule has 0 unspecified atom stereocenters. The number of carbonyl (C=O) groups excluding carboxylic acids is 1. The monoisotopic (exact) mass is 200 g/mol. The second-order valence-electron chi connectivity index (χ2n) is 2.54. The highest BCUT2D eigenvalue weighted by molar-refractivity contribution is 7.13. The lowest BCUT2D eigenvalue weighted by atomic mass is 10.2. The molecule has 1 aromatic heterocycles. The Bertz CT molecular complexity index is 249. The van der Waals surface area contributed by atoms with Gasteiger partial charge in [0.05, 0.1) is 0 Å². The molecule has 0 radical (unpaired) electrons. The zero-order valence-corrected chi connectivity index (χ0v) is 8.01. The maximum Gasteiger partial charge on any atom is 0.226 e. The Hall–Kier alpha value is -1.01. The Kier molecular flexibility index (Phi) is 4.34. The molecule has 5 nitrogen and oxygen atoms in total. The second-order valence-corrected chi connectivity index (χ2v) is 3.37. The van der Waals surface area contributed by atoms with Gasteiger partial charge in [-0.15, -0.1) is 10.2 Å². The molecule has 0 spiro atoms. The number of hydrogen-bond donors (Lipinski definition) is 2. The van der Waals surface area contributed by atoms with Gasteiger partial charge < -0.3 is 11.1 Å². The third-order valence-electron chi connectivity index (χ3n) is 1.46. The van der Waals surface area contributed by atoms with Gasteiger partial charge >= 0.3 is 0 Å². The van der Waals surface area contributed by atoms with Crippen LogP contribution in [-0.4, -0.2) is 22.6 Å². The Morgan fingerprint density at radius 3 is 3.08 bits per heavy atom. The van der Waals surface area contributed by atoms with E-state index in [0.717, 1.165) is 12.8 Å². The molecule has 6 heteroatoms. The number of amides is 1. The molecule has 1 heterocycles. The standard InChI is InChI=1S/C7H12N4OS/c8-4-2-1-3-6(12)10-7-11-9-5-13-7/h5H,1-4,8H2,(H,10,11,12). The summed E-state index contributed by atoms with van der Waals surface area (Å²) in [5.41, 5.74) is 6.88. The maximum atomic E-state index is 11.2. The minimum Gasteiger partial charge on any atom is -0.330 e. The Labute approximate surface area is 80.4 Å². The van der Waals surface area contributed by atoms with Crippen molar-refractivity contribution in [1.82, 2.24) is 10.2 Å². The largest absolute Gasteiger partial charge is 0.330 e. The van der Waals surface area contributed by atoms with E-state index in [2.05, 4.69) is 15.5 Å². The quantitative estimate of drug-likeness (QED) is 0.682. The normalized spacial score (nSPS) is 9.92. The van der Waals surface area contributed by atoms with Crippen molar-refractivity contribution in [3.8, 4) is 0 Å². The molecular weight excluding hydrogens is 188 g/mol. The molecule has 0 saturated carbocycles. The van der Waals surface area contributed by atoms with E-state index in [1.54, 1.807) is 5.51 Å². The molecule has 0 saturated heterocycles. The van der Waals surface area contributed by atoms with E-state index in [4.69, 9.17) is 5.73 Å². The fourth-order valence-corrected chi connectivity index (χ4v) is 1.30. The molecule has 1 aromatic rings. The van der Waals surface area contributed by atoms with E-state index in [9.17, 15) is 4.79 Å². The zero-order valence-electron chi connectivity index (χ0n) is 7.19. The third-order valence-corrected chi connectivity index (χ3v) is 2.07. The predicted octanol–water partition coefficient (Wildman–Crippen LogP) is 0.606. The first-order valence-corrected chi connectivity index (χ1v) is 4.97. The van der Waals surface area contributed by atoms with E-state index in [-0.39, 0.29) is 5.91 Å². The summed E-state index contributed by atoms with van der Waals surface area (Å²) in [7, 11) is 0. The first-order chi connectivity index (χ1) is 6.33. The molecule has 0 aliphatic rings. The van der Waals surface area contributed by atoms with E-state index in [1.165, 1.54) is 11.3 Å². The van der Waals surface area contributed by atoms with Crippen molar-refractivity contribution in [2.24, 2.45) is 5.73 Å². The topological polar surface area (TPSA) is 80.9 Å². The van der Waals surface area contributed by atoms with Crippen molar-refractivity contribution < 1.29 is 4.79 Å². The number of unbranched alkanes of at least 4 members (excludes halogenated alkanes) is 1. The zero-order chi connectivity index (χ0) is 9.52. The van der Waals surface area contributed by atoms with E-state index in [0.29, 0.717) is 18.1 Å². The molecule has 0 bridgehead atoms. The van der Waals surface area contributed by atoms with Crippen molar-refractivity contribution in [2.75, 3.05) is 11.9 Å². The van der Waals surface area contributed by atoms with Crippen LogP contribution >= 0.6 is 11.3 Å². The van der Waals surface area contributed by atoms with Crippen LogP contribution in [-0.2, 0) is 4.79 Å². The SMILES string of the molecule is NCCCCC(=O)Nc1nncs1. The van der Waals surface area contributed by atoms with Crippen LogP contribution in [0.5, 0.6) is 0 Å². The molecule has 1 rings (SSSR count). The van der Waals surface area contributed by atoms with Crippen molar-refractivity contribution in [1.29, 1.82) is 0 Å². The number of anilines is 1. The molecule has 72 valence electrons. The number of nitrogens with two attached hydrogens (primary N) is 1. The summed E-state index contributed by atoms with van der Waals surface area (Å²) in [5.74, 6) is -0.0230. The van der Waals surface area contributed by atoms with Crippen LogP contribution in [0.15, 0.2) is 5.51 Å². The van der Waals surface area contributed by atoms with Crippen molar-refractivity contribution in [2.45, 2.75) is 19.3 Å². The number of nitrogens with zero attached hydrogens (tertiary/aromatic N) is 2. The Morgan fingerprint density at radius 1 is 1.62 bits per heavy atom. The summed E-state index contributed by atoms with van der Waals surface area (Å²) in [4.78, 5) is 11.2. The number of aromatic nitrogens is 2. The predicted molar refractivity (Wildman–Crippen MR) is 51.4 cm³/mol.